The van der Waals surface area contributed by atoms with E-state index >= 15 is 0 Å². The van der Waals surface area contributed by atoms with Crippen LogP contribution in [0.1, 0.15) is 32.9 Å². The van der Waals surface area contributed by atoms with Crippen LogP contribution in [0.25, 0.3) is 22.4 Å². The molecular weight excluding hydrogens is 433 g/mol. The number of amides is 1. The summed E-state index contributed by atoms with van der Waals surface area (Å²) in [4.78, 5) is 21.6. The lowest BCUT2D eigenvalue weighted by Gasteiger charge is -2.21. The third-order valence-corrected chi connectivity index (χ3v) is 6.03. The topological polar surface area (TPSA) is 147 Å². The van der Waals surface area contributed by atoms with Crippen molar-refractivity contribution >= 4 is 35.3 Å². The maximum absolute atomic E-state index is 11.9. The van der Waals surface area contributed by atoms with Crippen LogP contribution in [0.3, 0.4) is 0 Å². The van der Waals surface area contributed by atoms with Gasteiger partial charge in [-0.15, -0.1) is 0 Å². The summed E-state index contributed by atoms with van der Waals surface area (Å²) >= 11 is 0. The molecule has 172 valence electrons. The van der Waals surface area contributed by atoms with Crippen LogP contribution < -0.4 is 21.8 Å². The molecule has 6 N–H and O–H groups in total. The molecule has 3 heterocycles. The number of hydrogen-bond donors (Lipinski definition) is 5. The smallest absolute Gasteiger partial charge is 0.460 e. The molecule has 1 aliphatic rings. The average molecular weight is 457 g/mol. The van der Waals surface area contributed by atoms with Crippen molar-refractivity contribution in [1.29, 1.82) is 0 Å². The van der Waals surface area contributed by atoms with Crippen molar-refractivity contribution < 1.29 is 19.3 Å². The van der Waals surface area contributed by atoms with Crippen molar-refractivity contribution in [2.75, 3.05) is 11.9 Å². The van der Waals surface area contributed by atoms with E-state index in [1.54, 1.807) is 30.3 Å². The highest BCUT2D eigenvalue weighted by molar-refractivity contribution is 6.58. The second-order valence-corrected chi connectivity index (χ2v) is 8.30. The van der Waals surface area contributed by atoms with E-state index in [1.807, 2.05) is 19.1 Å². The zero-order chi connectivity index (χ0) is 23.8. The Labute approximate surface area is 196 Å². The first-order chi connectivity index (χ1) is 16.4. The van der Waals surface area contributed by atoms with E-state index in [0.29, 0.717) is 41.3 Å². The molecule has 0 saturated carbocycles. The van der Waals surface area contributed by atoms with Crippen LogP contribution in [0, 0.1) is 6.92 Å². The number of nitrogens with one attached hydrogen (secondary N) is 2. The number of aryl methyl sites for hydroxylation is 1. The van der Waals surface area contributed by atoms with Gasteiger partial charge < -0.3 is 30.8 Å². The fourth-order valence-electron chi connectivity index (χ4n) is 4.38. The minimum absolute atomic E-state index is 0.316. The molecule has 0 unspecified atom stereocenters. The molecule has 9 nitrogen and oxygen atoms in total. The predicted molar refractivity (Wildman–Crippen MR) is 129 cm³/mol. The molecule has 0 saturated heterocycles. The second-order valence-electron chi connectivity index (χ2n) is 8.30. The standard InChI is InChI=1S/C24H24BN5O4/c1-13-20(17-6-3-7-18(22(26)31)21(17)34-13)24-29-19-12-27-9-8-16(19)23(30-24)28-11-14-4-2-5-15(10-14)25(32)33/h2-7,10,27,32-33H,8-9,11-12H2,1H3,(H2,26,31)(H,28,29,30). The van der Waals surface area contributed by atoms with Gasteiger partial charge in [0.25, 0.3) is 5.91 Å². The summed E-state index contributed by atoms with van der Waals surface area (Å²) in [6.07, 6.45) is 0.782. The fourth-order valence-corrected chi connectivity index (χ4v) is 4.38. The number of benzene rings is 2. The average Bonchev–Trinajstić information content (AvgIpc) is 3.18. The third kappa shape index (κ3) is 4.03. The van der Waals surface area contributed by atoms with E-state index in [9.17, 15) is 14.8 Å². The van der Waals surface area contributed by atoms with Crippen LogP contribution in [0.2, 0.25) is 0 Å². The summed E-state index contributed by atoms with van der Waals surface area (Å²) in [5.74, 6) is 1.26. The summed E-state index contributed by atoms with van der Waals surface area (Å²) in [6.45, 7) is 3.72. The molecular formula is C24H24BN5O4. The van der Waals surface area contributed by atoms with Crippen LogP contribution in [0.5, 0.6) is 0 Å². The van der Waals surface area contributed by atoms with E-state index < -0.39 is 13.0 Å². The minimum atomic E-state index is -1.52. The van der Waals surface area contributed by atoms with Gasteiger partial charge in [-0.1, -0.05) is 36.4 Å². The number of primary amides is 1. The van der Waals surface area contributed by atoms with Gasteiger partial charge in [-0.2, -0.15) is 0 Å². The molecule has 10 heteroatoms. The zero-order valence-electron chi connectivity index (χ0n) is 18.6. The van der Waals surface area contributed by atoms with Gasteiger partial charge in [-0.3, -0.25) is 4.79 Å². The molecule has 1 amide bonds. The molecule has 2 aromatic heterocycles. The van der Waals surface area contributed by atoms with Gasteiger partial charge in [0.2, 0.25) is 0 Å². The van der Waals surface area contributed by atoms with Crippen molar-refractivity contribution in [3.8, 4) is 11.4 Å². The molecule has 0 spiro atoms. The summed E-state index contributed by atoms with van der Waals surface area (Å²) in [5, 5.41) is 26.4. The number of fused-ring (bicyclic) bond motifs is 2. The van der Waals surface area contributed by atoms with Crippen LogP contribution in [0.4, 0.5) is 5.82 Å². The maximum atomic E-state index is 11.9. The van der Waals surface area contributed by atoms with Crippen molar-refractivity contribution in [2.24, 2.45) is 5.73 Å². The number of furan rings is 1. The predicted octanol–water partition coefficient (Wildman–Crippen LogP) is 1.23. The Morgan fingerprint density at radius 2 is 2.06 bits per heavy atom. The number of nitrogens with two attached hydrogens (primary N) is 1. The van der Waals surface area contributed by atoms with Crippen LogP contribution in [-0.4, -0.2) is 39.6 Å². The molecule has 0 aliphatic carbocycles. The van der Waals surface area contributed by atoms with Crippen molar-refractivity contribution in [2.45, 2.75) is 26.4 Å². The van der Waals surface area contributed by atoms with E-state index in [-0.39, 0.29) is 0 Å². The van der Waals surface area contributed by atoms with E-state index in [0.717, 1.165) is 46.6 Å². The largest absolute Gasteiger partial charge is 0.488 e. The van der Waals surface area contributed by atoms with Crippen molar-refractivity contribution in [3.05, 3.63) is 70.6 Å². The van der Waals surface area contributed by atoms with Gasteiger partial charge in [0, 0.05) is 24.0 Å². The molecule has 0 bridgehead atoms. The number of aromatic nitrogens is 2. The first kappa shape index (κ1) is 22.1. The van der Waals surface area contributed by atoms with Crippen molar-refractivity contribution in [1.82, 2.24) is 15.3 Å². The number of anilines is 1. The van der Waals surface area contributed by atoms with Gasteiger partial charge in [-0.05, 0) is 37.0 Å². The van der Waals surface area contributed by atoms with Gasteiger partial charge in [-0.25, -0.2) is 9.97 Å². The number of rotatable bonds is 6. The highest BCUT2D eigenvalue weighted by Crippen LogP contribution is 2.36. The van der Waals surface area contributed by atoms with E-state index in [2.05, 4.69) is 10.6 Å². The summed E-state index contributed by atoms with van der Waals surface area (Å²) in [5.41, 5.74) is 10.3. The molecule has 2 aromatic carbocycles. The van der Waals surface area contributed by atoms with Gasteiger partial charge >= 0.3 is 7.12 Å². The fraction of sp³-hybridized carbons (Fsp3) is 0.208. The molecule has 4 aromatic rings. The minimum Gasteiger partial charge on any atom is -0.460 e. The Kier molecular flexibility index (Phi) is 5.78. The molecule has 34 heavy (non-hydrogen) atoms. The summed E-state index contributed by atoms with van der Waals surface area (Å²) in [7, 11) is -1.52. The summed E-state index contributed by atoms with van der Waals surface area (Å²) in [6, 6.07) is 12.4. The number of hydrogen-bond acceptors (Lipinski definition) is 8. The van der Waals surface area contributed by atoms with Gasteiger partial charge in [0.05, 0.1) is 16.8 Å². The molecule has 1 aliphatic heterocycles. The lowest BCUT2D eigenvalue weighted by Crippen LogP contribution is -2.30. The number of nitrogens with zero attached hydrogens (tertiary/aromatic N) is 2. The Bertz CT molecular complexity index is 1400. The molecule has 5 rings (SSSR count). The van der Waals surface area contributed by atoms with Gasteiger partial charge in [0.15, 0.2) is 5.82 Å². The first-order valence-corrected chi connectivity index (χ1v) is 11.0. The SMILES string of the molecule is Cc1oc2c(C(N)=O)cccc2c1-c1nc2c(c(NCc3cccc(B(O)O)c3)n1)CCNC2. The summed E-state index contributed by atoms with van der Waals surface area (Å²) < 4.78 is 5.93. The lowest BCUT2D eigenvalue weighted by atomic mass is 9.79. The Morgan fingerprint density at radius 1 is 1.24 bits per heavy atom. The maximum Gasteiger partial charge on any atom is 0.488 e. The first-order valence-electron chi connectivity index (χ1n) is 11.0. The number of carbonyl (C=O) groups is 1. The van der Waals surface area contributed by atoms with Crippen LogP contribution >= 0.6 is 0 Å². The number of carbonyl (C=O) groups excluding carboxylic acids is 1. The zero-order valence-corrected chi connectivity index (χ0v) is 18.6. The van der Waals surface area contributed by atoms with Crippen LogP contribution in [-0.2, 0) is 19.5 Å². The van der Waals surface area contributed by atoms with Crippen LogP contribution in [0.15, 0.2) is 46.9 Å². The van der Waals surface area contributed by atoms with E-state index in [1.165, 1.54) is 0 Å². The Morgan fingerprint density at radius 3 is 2.85 bits per heavy atom. The normalized spacial score (nSPS) is 13.0. The quantitative estimate of drug-likeness (QED) is 0.272. The Hall–Kier alpha value is -3.73. The highest BCUT2D eigenvalue weighted by atomic mass is 16.4. The molecule has 0 radical (unpaired) electrons. The van der Waals surface area contributed by atoms with E-state index in [4.69, 9.17) is 20.1 Å². The second kappa shape index (κ2) is 8.90. The van der Waals surface area contributed by atoms with Crippen molar-refractivity contribution in [3.63, 3.8) is 0 Å². The molecule has 0 atom stereocenters. The lowest BCUT2D eigenvalue weighted by molar-refractivity contribution is 0.100. The number of para-hydroxylation sites is 1. The highest BCUT2D eigenvalue weighted by Gasteiger charge is 2.23. The monoisotopic (exact) mass is 457 g/mol. The third-order valence-electron chi connectivity index (χ3n) is 6.03. The molecule has 0 fully saturated rings. The van der Waals surface area contributed by atoms with Gasteiger partial charge in [0.1, 0.15) is 17.2 Å². The Balaban J connectivity index is 1.57.